The third-order valence-electron chi connectivity index (χ3n) is 5.89. The molecule has 7 nitrogen and oxygen atoms in total. The Morgan fingerprint density at radius 2 is 2.06 bits per heavy atom. The maximum atomic E-state index is 11.3. The standard InChI is InChI=1S/C24H28N4O3/c1-16-10-17(2)28(26-16)15-19-4-7-23(25-13-19)27-9-8-18(14-27)11-21-12-20(24(29)30)5-6-22(21)31-3/h4-7,10,12-13,18H,8-9,11,14-15H2,1-3H3,(H,29,30). The minimum atomic E-state index is -0.915. The van der Waals surface area contributed by atoms with Gasteiger partial charge in [0.05, 0.1) is 24.9 Å². The number of anilines is 1. The van der Waals surface area contributed by atoms with Gasteiger partial charge in [-0.15, -0.1) is 0 Å². The highest BCUT2D eigenvalue weighted by Crippen LogP contribution is 2.29. The van der Waals surface area contributed by atoms with Gasteiger partial charge in [0.15, 0.2) is 0 Å². The van der Waals surface area contributed by atoms with Crippen LogP contribution in [0, 0.1) is 19.8 Å². The summed E-state index contributed by atoms with van der Waals surface area (Å²) < 4.78 is 7.44. The Morgan fingerprint density at radius 3 is 2.71 bits per heavy atom. The molecule has 1 unspecified atom stereocenters. The van der Waals surface area contributed by atoms with Crippen molar-refractivity contribution in [1.29, 1.82) is 0 Å². The lowest BCUT2D eigenvalue weighted by molar-refractivity contribution is 0.0696. The predicted molar refractivity (Wildman–Crippen MR) is 119 cm³/mol. The third kappa shape index (κ3) is 4.71. The molecule has 0 spiro atoms. The lowest BCUT2D eigenvalue weighted by atomic mass is 9.96. The monoisotopic (exact) mass is 420 g/mol. The van der Waals surface area contributed by atoms with Crippen LogP contribution in [0.15, 0.2) is 42.6 Å². The first kappa shape index (κ1) is 20.9. The van der Waals surface area contributed by atoms with E-state index < -0.39 is 5.97 Å². The molecule has 3 aromatic rings. The van der Waals surface area contributed by atoms with Crippen LogP contribution in [-0.4, -0.2) is 46.0 Å². The van der Waals surface area contributed by atoms with Crippen molar-refractivity contribution < 1.29 is 14.6 Å². The van der Waals surface area contributed by atoms with Crippen LogP contribution in [0.2, 0.25) is 0 Å². The summed E-state index contributed by atoms with van der Waals surface area (Å²) in [6.07, 6.45) is 3.75. The van der Waals surface area contributed by atoms with Crippen LogP contribution in [0.4, 0.5) is 5.82 Å². The average molecular weight is 421 g/mol. The number of aryl methyl sites for hydroxylation is 2. The Bertz CT molecular complexity index is 1070. The van der Waals surface area contributed by atoms with E-state index in [1.165, 1.54) is 0 Å². The van der Waals surface area contributed by atoms with Crippen LogP contribution in [0.3, 0.4) is 0 Å². The van der Waals surface area contributed by atoms with Gasteiger partial charge in [-0.3, -0.25) is 4.68 Å². The maximum Gasteiger partial charge on any atom is 0.335 e. The summed E-state index contributed by atoms with van der Waals surface area (Å²) in [6.45, 7) is 6.62. The summed E-state index contributed by atoms with van der Waals surface area (Å²) in [4.78, 5) is 18.3. The molecule has 1 fully saturated rings. The second-order valence-electron chi connectivity index (χ2n) is 8.25. The first-order valence-electron chi connectivity index (χ1n) is 10.5. The number of carboxylic acid groups (broad SMARTS) is 1. The van der Waals surface area contributed by atoms with Crippen molar-refractivity contribution >= 4 is 11.8 Å². The lowest BCUT2D eigenvalue weighted by Crippen LogP contribution is -2.21. The smallest absolute Gasteiger partial charge is 0.335 e. The number of hydrogen-bond donors (Lipinski definition) is 1. The fourth-order valence-electron chi connectivity index (χ4n) is 4.29. The van der Waals surface area contributed by atoms with Gasteiger partial charge in [-0.25, -0.2) is 9.78 Å². The maximum absolute atomic E-state index is 11.3. The molecule has 1 aliphatic rings. The second-order valence-corrected chi connectivity index (χ2v) is 8.25. The molecule has 0 saturated carbocycles. The van der Waals surface area contributed by atoms with E-state index in [2.05, 4.69) is 40.1 Å². The van der Waals surface area contributed by atoms with Crippen molar-refractivity contribution in [2.75, 3.05) is 25.1 Å². The first-order valence-corrected chi connectivity index (χ1v) is 10.5. The topological polar surface area (TPSA) is 80.5 Å². The summed E-state index contributed by atoms with van der Waals surface area (Å²) in [6, 6.07) is 11.3. The van der Waals surface area contributed by atoms with Gasteiger partial charge in [-0.2, -0.15) is 5.10 Å². The van der Waals surface area contributed by atoms with E-state index in [1.54, 1.807) is 25.3 Å². The van der Waals surface area contributed by atoms with E-state index in [0.29, 0.717) is 11.5 Å². The minimum absolute atomic E-state index is 0.297. The van der Waals surface area contributed by atoms with Crippen LogP contribution >= 0.6 is 0 Å². The highest BCUT2D eigenvalue weighted by molar-refractivity contribution is 5.88. The molecule has 0 radical (unpaired) electrons. The van der Waals surface area contributed by atoms with Gasteiger partial charge >= 0.3 is 5.97 Å². The average Bonchev–Trinajstić information content (AvgIpc) is 3.34. The number of nitrogens with zero attached hydrogens (tertiary/aromatic N) is 4. The molecule has 7 heteroatoms. The van der Waals surface area contributed by atoms with E-state index >= 15 is 0 Å². The number of carboxylic acids is 1. The van der Waals surface area contributed by atoms with Crippen molar-refractivity contribution in [3.8, 4) is 5.75 Å². The predicted octanol–water partition coefficient (Wildman–Crippen LogP) is 3.72. The number of rotatable bonds is 7. The van der Waals surface area contributed by atoms with E-state index in [4.69, 9.17) is 4.74 Å². The number of ether oxygens (including phenoxy) is 1. The molecule has 0 aliphatic carbocycles. The summed E-state index contributed by atoms with van der Waals surface area (Å²) in [5.74, 6) is 1.23. The fraction of sp³-hybridized carbons (Fsp3) is 0.375. The molecule has 4 rings (SSSR count). The molecule has 1 aromatic carbocycles. The summed E-state index contributed by atoms with van der Waals surface area (Å²) >= 11 is 0. The highest BCUT2D eigenvalue weighted by atomic mass is 16.5. The number of hydrogen-bond acceptors (Lipinski definition) is 5. The Morgan fingerprint density at radius 1 is 1.23 bits per heavy atom. The molecule has 1 aliphatic heterocycles. The van der Waals surface area contributed by atoms with Crippen LogP contribution in [-0.2, 0) is 13.0 Å². The molecule has 3 heterocycles. The van der Waals surface area contributed by atoms with Crippen LogP contribution in [0.5, 0.6) is 5.75 Å². The first-order chi connectivity index (χ1) is 14.9. The summed E-state index contributed by atoms with van der Waals surface area (Å²) in [5.41, 5.74) is 4.54. The Kier molecular flexibility index (Phi) is 5.93. The Balaban J connectivity index is 1.40. The summed E-state index contributed by atoms with van der Waals surface area (Å²) in [7, 11) is 1.62. The highest BCUT2D eigenvalue weighted by Gasteiger charge is 2.25. The zero-order valence-corrected chi connectivity index (χ0v) is 18.2. The number of carbonyl (C=O) groups is 1. The van der Waals surface area contributed by atoms with E-state index in [9.17, 15) is 9.90 Å². The molecule has 1 atom stereocenters. The van der Waals surface area contributed by atoms with E-state index in [-0.39, 0.29) is 0 Å². The van der Waals surface area contributed by atoms with Gasteiger partial charge in [0.2, 0.25) is 0 Å². The molecule has 0 bridgehead atoms. The fourth-order valence-corrected chi connectivity index (χ4v) is 4.29. The molecule has 0 amide bonds. The van der Waals surface area contributed by atoms with E-state index in [0.717, 1.165) is 66.6 Å². The molecular weight excluding hydrogens is 392 g/mol. The Labute approximate surface area is 182 Å². The normalized spacial score (nSPS) is 16.0. The van der Waals surface area contributed by atoms with Gasteiger partial charge in [0.25, 0.3) is 0 Å². The largest absolute Gasteiger partial charge is 0.496 e. The van der Waals surface area contributed by atoms with Crippen LogP contribution in [0.1, 0.15) is 39.3 Å². The van der Waals surface area contributed by atoms with Crippen molar-refractivity contribution in [2.24, 2.45) is 5.92 Å². The third-order valence-corrected chi connectivity index (χ3v) is 5.89. The SMILES string of the molecule is COc1ccc(C(=O)O)cc1CC1CCN(c2ccc(Cn3nc(C)cc3C)cn2)C1. The van der Waals surface area contributed by atoms with Crippen LogP contribution in [0.25, 0.3) is 0 Å². The van der Waals surface area contributed by atoms with Crippen molar-refractivity contribution in [1.82, 2.24) is 14.8 Å². The number of pyridine rings is 1. The molecule has 1 saturated heterocycles. The molecule has 162 valence electrons. The Hall–Kier alpha value is -3.35. The van der Waals surface area contributed by atoms with Gasteiger partial charge in [-0.05, 0) is 74.1 Å². The van der Waals surface area contributed by atoms with Gasteiger partial charge in [-0.1, -0.05) is 6.07 Å². The molecule has 31 heavy (non-hydrogen) atoms. The number of aromatic carboxylic acids is 1. The molecule has 1 N–H and O–H groups in total. The van der Waals surface area contributed by atoms with Crippen molar-refractivity contribution in [3.05, 3.63) is 70.7 Å². The van der Waals surface area contributed by atoms with Gasteiger partial charge in [0.1, 0.15) is 11.6 Å². The van der Waals surface area contributed by atoms with E-state index in [1.807, 2.05) is 17.8 Å². The van der Waals surface area contributed by atoms with Gasteiger partial charge in [0, 0.05) is 25.0 Å². The zero-order valence-electron chi connectivity index (χ0n) is 18.2. The minimum Gasteiger partial charge on any atom is -0.496 e. The van der Waals surface area contributed by atoms with Crippen LogP contribution < -0.4 is 9.64 Å². The van der Waals surface area contributed by atoms with Gasteiger partial charge < -0.3 is 14.7 Å². The number of aromatic nitrogens is 3. The lowest BCUT2D eigenvalue weighted by Gasteiger charge is -2.18. The summed E-state index contributed by atoms with van der Waals surface area (Å²) in [5, 5.41) is 13.8. The molecular formula is C24H28N4O3. The number of methoxy groups -OCH3 is 1. The van der Waals surface area contributed by atoms with Crippen molar-refractivity contribution in [3.63, 3.8) is 0 Å². The zero-order chi connectivity index (χ0) is 22.0. The van der Waals surface area contributed by atoms with Crippen molar-refractivity contribution in [2.45, 2.75) is 33.2 Å². The second kappa shape index (κ2) is 8.79. The molecule has 2 aromatic heterocycles. The quantitative estimate of drug-likeness (QED) is 0.628. The number of benzene rings is 1.